The van der Waals surface area contributed by atoms with Crippen LogP contribution >= 0.6 is 11.8 Å². The summed E-state index contributed by atoms with van der Waals surface area (Å²) in [7, 11) is 0. The lowest BCUT2D eigenvalue weighted by Gasteiger charge is -2.12. The van der Waals surface area contributed by atoms with Crippen molar-refractivity contribution in [3.05, 3.63) is 94.4 Å². The number of aryl methyl sites for hydroxylation is 1. The van der Waals surface area contributed by atoms with Crippen LogP contribution in [0.5, 0.6) is 0 Å². The van der Waals surface area contributed by atoms with Gasteiger partial charge in [-0.2, -0.15) is 0 Å². The Hall–Kier alpha value is -2.92. The van der Waals surface area contributed by atoms with E-state index in [-0.39, 0.29) is 5.56 Å². The fourth-order valence-electron chi connectivity index (χ4n) is 2.73. The van der Waals surface area contributed by atoms with Crippen molar-refractivity contribution in [2.45, 2.75) is 17.8 Å². The zero-order chi connectivity index (χ0) is 17.9. The first-order valence-corrected chi connectivity index (χ1v) is 9.32. The Labute approximate surface area is 155 Å². The van der Waals surface area contributed by atoms with Crippen molar-refractivity contribution in [1.82, 2.24) is 14.5 Å². The molecule has 2 aromatic heterocycles. The Kier molecular flexibility index (Phi) is 4.54. The van der Waals surface area contributed by atoms with Gasteiger partial charge in [-0.25, -0.2) is 9.97 Å². The van der Waals surface area contributed by atoms with Crippen LogP contribution in [0.3, 0.4) is 0 Å². The van der Waals surface area contributed by atoms with E-state index in [4.69, 9.17) is 0 Å². The number of hydrogen-bond donors (Lipinski definition) is 0. The summed E-state index contributed by atoms with van der Waals surface area (Å²) in [6.07, 6.45) is 1.66. The third-order valence-corrected chi connectivity index (χ3v) is 5.13. The molecule has 0 aliphatic carbocycles. The van der Waals surface area contributed by atoms with Gasteiger partial charge in [0.15, 0.2) is 10.8 Å². The Balaban J connectivity index is 1.81. The molecule has 26 heavy (non-hydrogen) atoms. The van der Waals surface area contributed by atoms with Gasteiger partial charge in [-0.15, -0.1) is 0 Å². The molecule has 4 nitrogen and oxygen atoms in total. The van der Waals surface area contributed by atoms with Crippen LogP contribution in [-0.4, -0.2) is 14.5 Å². The number of para-hydroxylation sites is 1. The summed E-state index contributed by atoms with van der Waals surface area (Å²) in [5.74, 6) is 0.734. The minimum atomic E-state index is -0.0966. The van der Waals surface area contributed by atoms with Crippen molar-refractivity contribution in [2.75, 3.05) is 0 Å². The van der Waals surface area contributed by atoms with E-state index >= 15 is 0 Å². The highest BCUT2D eigenvalue weighted by Crippen LogP contribution is 2.24. The highest BCUT2D eigenvalue weighted by molar-refractivity contribution is 7.98. The molecule has 0 atom stereocenters. The van der Waals surface area contributed by atoms with Crippen molar-refractivity contribution in [3.63, 3.8) is 0 Å². The maximum Gasteiger partial charge on any atom is 0.268 e. The van der Waals surface area contributed by atoms with E-state index in [1.54, 1.807) is 34.7 Å². The third-order valence-electron chi connectivity index (χ3n) is 4.12. The van der Waals surface area contributed by atoms with Crippen LogP contribution in [0.2, 0.25) is 0 Å². The summed E-state index contributed by atoms with van der Waals surface area (Å²) in [6, 6.07) is 21.5. The molecule has 2 aromatic carbocycles. The fraction of sp³-hybridized carbons (Fsp3) is 0.0952. The van der Waals surface area contributed by atoms with Crippen molar-refractivity contribution < 1.29 is 0 Å². The van der Waals surface area contributed by atoms with Gasteiger partial charge >= 0.3 is 0 Å². The average Bonchev–Trinajstić information content (AvgIpc) is 2.68. The molecule has 0 N–H and O–H groups in total. The Morgan fingerprint density at radius 1 is 0.962 bits per heavy atom. The number of rotatable bonds is 4. The molecule has 0 saturated heterocycles. The van der Waals surface area contributed by atoms with E-state index < -0.39 is 0 Å². The van der Waals surface area contributed by atoms with Gasteiger partial charge in [-0.3, -0.25) is 9.36 Å². The fourth-order valence-corrected chi connectivity index (χ4v) is 3.69. The maximum absolute atomic E-state index is 13.1. The highest BCUT2D eigenvalue weighted by atomic mass is 32.2. The molecule has 0 aliphatic rings. The van der Waals surface area contributed by atoms with E-state index in [1.807, 2.05) is 30.3 Å². The van der Waals surface area contributed by atoms with E-state index in [0.717, 1.165) is 11.4 Å². The van der Waals surface area contributed by atoms with Crippen molar-refractivity contribution in [1.29, 1.82) is 0 Å². The molecule has 5 heteroatoms. The number of benzene rings is 2. The maximum atomic E-state index is 13.1. The van der Waals surface area contributed by atoms with Crippen LogP contribution in [0.1, 0.15) is 11.1 Å². The van der Waals surface area contributed by atoms with Crippen molar-refractivity contribution >= 4 is 22.8 Å². The van der Waals surface area contributed by atoms with Gasteiger partial charge in [-0.05, 0) is 36.8 Å². The lowest BCUT2D eigenvalue weighted by Crippen LogP contribution is -2.22. The molecule has 0 saturated carbocycles. The molecule has 0 fully saturated rings. The molecule has 4 rings (SSSR count). The van der Waals surface area contributed by atoms with E-state index in [1.165, 1.54) is 11.1 Å². The van der Waals surface area contributed by atoms with Gasteiger partial charge in [-0.1, -0.05) is 59.8 Å². The summed E-state index contributed by atoms with van der Waals surface area (Å²) >= 11 is 1.54. The Bertz CT molecular complexity index is 1110. The third kappa shape index (κ3) is 3.26. The standard InChI is InChI=1S/C21H17N3OS/c1-15-9-11-16(12-10-15)14-26-21-23-19-18(8-5-13-22-19)20(25)24(21)17-6-3-2-4-7-17/h2-13H,14H2,1H3. The molecule has 0 unspecified atom stereocenters. The van der Waals surface area contributed by atoms with E-state index in [0.29, 0.717) is 16.2 Å². The molecular formula is C21H17N3OS. The lowest BCUT2D eigenvalue weighted by atomic mass is 10.2. The Morgan fingerprint density at radius 3 is 2.50 bits per heavy atom. The van der Waals surface area contributed by atoms with Gasteiger partial charge in [0.25, 0.3) is 5.56 Å². The lowest BCUT2D eigenvalue weighted by molar-refractivity contribution is 0.814. The molecule has 4 aromatic rings. The van der Waals surface area contributed by atoms with Crippen LogP contribution in [0.4, 0.5) is 0 Å². The molecule has 0 spiro atoms. The summed E-state index contributed by atoms with van der Waals surface area (Å²) in [6.45, 7) is 2.07. The molecule has 128 valence electrons. The zero-order valence-electron chi connectivity index (χ0n) is 14.3. The Morgan fingerprint density at radius 2 is 1.73 bits per heavy atom. The summed E-state index contributed by atoms with van der Waals surface area (Å²) in [4.78, 5) is 22.0. The molecule has 0 aliphatic heterocycles. The monoisotopic (exact) mass is 359 g/mol. The van der Waals surface area contributed by atoms with E-state index in [9.17, 15) is 4.79 Å². The predicted octanol–water partition coefficient (Wildman–Crippen LogP) is 4.38. The predicted molar refractivity (Wildman–Crippen MR) is 106 cm³/mol. The number of nitrogens with zero attached hydrogens (tertiary/aromatic N) is 3. The SMILES string of the molecule is Cc1ccc(CSc2nc3ncccc3c(=O)n2-c2ccccc2)cc1. The number of pyridine rings is 1. The zero-order valence-corrected chi connectivity index (χ0v) is 15.1. The first-order chi connectivity index (χ1) is 12.7. The summed E-state index contributed by atoms with van der Waals surface area (Å²) in [5.41, 5.74) is 3.61. The van der Waals surface area contributed by atoms with Gasteiger partial charge in [0, 0.05) is 11.9 Å². The van der Waals surface area contributed by atoms with Crippen molar-refractivity contribution in [2.24, 2.45) is 0 Å². The second kappa shape index (κ2) is 7.14. The first kappa shape index (κ1) is 16.5. The number of thioether (sulfide) groups is 1. The average molecular weight is 359 g/mol. The number of hydrogen-bond acceptors (Lipinski definition) is 4. The highest BCUT2D eigenvalue weighted by Gasteiger charge is 2.13. The van der Waals surface area contributed by atoms with Crippen LogP contribution in [-0.2, 0) is 5.75 Å². The van der Waals surface area contributed by atoms with Gasteiger partial charge < -0.3 is 0 Å². The van der Waals surface area contributed by atoms with Crippen molar-refractivity contribution in [3.8, 4) is 5.69 Å². The van der Waals surface area contributed by atoms with Crippen LogP contribution in [0.25, 0.3) is 16.7 Å². The van der Waals surface area contributed by atoms with Gasteiger partial charge in [0.05, 0.1) is 11.1 Å². The topological polar surface area (TPSA) is 47.8 Å². The number of aromatic nitrogens is 3. The molecule has 2 heterocycles. The van der Waals surface area contributed by atoms with Gasteiger partial charge in [0.1, 0.15) is 0 Å². The second-order valence-electron chi connectivity index (χ2n) is 6.02. The molecule has 0 bridgehead atoms. The van der Waals surface area contributed by atoms with Gasteiger partial charge in [0.2, 0.25) is 0 Å². The quantitative estimate of drug-likeness (QED) is 0.401. The minimum absolute atomic E-state index is 0.0966. The normalized spacial score (nSPS) is 11.0. The second-order valence-corrected chi connectivity index (χ2v) is 6.96. The minimum Gasteiger partial charge on any atom is -0.268 e. The molecular weight excluding hydrogens is 342 g/mol. The largest absolute Gasteiger partial charge is 0.268 e. The number of fused-ring (bicyclic) bond motifs is 1. The first-order valence-electron chi connectivity index (χ1n) is 8.34. The van der Waals surface area contributed by atoms with E-state index in [2.05, 4.69) is 41.2 Å². The molecule has 0 radical (unpaired) electrons. The molecule has 0 amide bonds. The van der Waals surface area contributed by atoms with Crippen LogP contribution < -0.4 is 5.56 Å². The van der Waals surface area contributed by atoms with Crippen LogP contribution in [0, 0.1) is 6.92 Å². The summed E-state index contributed by atoms with van der Waals surface area (Å²) in [5, 5.41) is 1.17. The smallest absolute Gasteiger partial charge is 0.268 e. The summed E-state index contributed by atoms with van der Waals surface area (Å²) < 4.78 is 1.67. The van der Waals surface area contributed by atoms with Crippen LogP contribution in [0.15, 0.2) is 82.9 Å².